The minimum atomic E-state index is -0.0142. The molecule has 3 N–H and O–H groups in total. The maximum Gasteiger partial charge on any atom is 0.246 e. The van der Waals surface area contributed by atoms with Crippen LogP contribution >= 0.6 is 0 Å². The lowest BCUT2D eigenvalue weighted by Gasteiger charge is -2.32. The number of hydrogen-bond donors (Lipinski definition) is 2. The summed E-state index contributed by atoms with van der Waals surface area (Å²) in [7, 11) is 2.16. The van der Waals surface area contributed by atoms with Crippen LogP contribution < -0.4 is 15.8 Å². The monoisotopic (exact) mass is 566 g/mol. The first kappa shape index (κ1) is 27.9. The summed E-state index contributed by atoms with van der Waals surface area (Å²) in [4.78, 5) is 26.2. The number of para-hydroxylation sites is 1. The number of rotatable bonds is 8. The molecule has 0 saturated carbocycles. The van der Waals surface area contributed by atoms with Gasteiger partial charge in [0, 0.05) is 37.3 Å². The van der Waals surface area contributed by atoms with Crippen LogP contribution in [0.5, 0.6) is 11.5 Å². The van der Waals surface area contributed by atoms with E-state index in [-0.39, 0.29) is 11.9 Å². The zero-order valence-electron chi connectivity index (χ0n) is 24.0. The predicted octanol–water partition coefficient (Wildman–Crippen LogP) is 4.27. The first-order valence-electron chi connectivity index (χ1n) is 14.7. The van der Waals surface area contributed by atoms with Gasteiger partial charge < -0.3 is 25.6 Å². The fraction of sp³-hybridized carbons (Fsp3) is 0.375. The summed E-state index contributed by atoms with van der Waals surface area (Å²) < 4.78 is 7.89. The number of nitrogens with one attached hydrogen (secondary N) is 1. The van der Waals surface area contributed by atoms with Crippen molar-refractivity contribution in [3.05, 3.63) is 73.1 Å². The standard InChI is InChI=1S/C32H38N8O2/c1-38-19-15-24(16-20-38)34-17-5-10-28(41)39-18-6-7-25(21-39)40-32-29(31(33)35-22-36-32)30(37-40)23-11-13-27(14-12-23)42-26-8-3-2-4-9-26/h2-5,8-14,22,24-25,34H,6-7,15-21H2,1H3,(H2,33,35,36). The Morgan fingerprint density at radius 2 is 1.79 bits per heavy atom. The molecule has 2 fully saturated rings. The second-order valence-electron chi connectivity index (χ2n) is 11.2. The van der Waals surface area contributed by atoms with Crippen molar-refractivity contribution in [3.8, 4) is 22.8 Å². The normalized spacial score (nSPS) is 18.6. The lowest BCUT2D eigenvalue weighted by Crippen LogP contribution is -2.41. The Labute approximate surface area is 246 Å². The average Bonchev–Trinajstić information content (AvgIpc) is 3.42. The number of anilines is 1. The molecule has 1 unspecified atom stereocenters. The van der Waals surface area contributed by atoms with Crippen LogP contribution in [-0.4, -0.2) is 81.3 Å². The minimum Gasteiger partial charge on any atom is -0.457 e. The summed E-state index contributed by atoms with van der Waals surface area (Å²) in [6.07, 6.45) is 9.20. The quantitative estimate of drug-likeness (QED) is 0.304. The summed E-state index contributed by atoms with van der Waals surface area (Å²) in [6, 6.07) is 18.0. The number of nitrogens with zero attached hydrogens (tertiary/aromatic N) is 6. The van der Waals surface area contributed by atoms with E-state index in [0.29, 0.717) is 30.6 Å². The Hall–Kier alpha value is -4.28. The molecule has 6 rings (SSSR count). The lowest BCUT2D eigenvalue weighted by atomic mass is 10.1. The molecule has 42 heavy (non-hydrogen) atoms. The predicted molar refractivity (Wildman–Crippen MR) is 164 cm³/mol. The molecule has 2 aliphatic heterocycles. The van der Waals surface area contributed by atoms with Gasteiger partial charge in [-0.25, -0.2) is 14.6 Å². The Balaban J connectivity index is 1.16. The largest absolute Gasteiger partial charge is 0.457 e. The summed E-state index contributed by atoms with van der Waals surface area (Å²) in [6.45, 7) is 4.23. The number of likely N-dealkylation sites (tertiary alicyclic amines) is 2. The Bertz CT molecular complexity index is 1530. The highest BCUT2D eigenvalue weighted by molar-refractivity contribution is 5.98. The van der Waals surface area contributed by atoms with Gasteiger partial charge in [0.25, 0.3) is 0 Å². The fourth-order valence-electron chi connectivity index (χ4n) is 5.82. The van der Waals surface area contributed by atoms with Gasteiger partial charge in [-0.3, -0.25) is 4.79 Å². The van der Waals surface area contributed by atoms with E-state index in [2.05, 4.69) is 27.2 Å². The van der Waals surface area contributed by atoms with Crippen molar-refractivity contribution in [1.82, 2.24) is 34.9 Å². The number of fused-ring (bicyclic) bond motifs is 1. The summed E-state index contributed by atoms with van der Waals surface area (Å²) in [5.41, 5.74) is 8.66. The maximum absolute atomic E-state index is 13.1. The number of piperidine rings is 2. The van der Waals surface area contributed by atoms with Crippen LogP contribution in [0.15, 0.2) is 73.1 Å². The molecule has 2 aromatic carbocycles. The van der Waals surface area contributed by atoms with E-state index in [4.69, 9.17) is 15.6 Å². The second-order valence-corrected chi connectivity index (χ2v) is 11.2. The highest BCUT2D eigenvalue weighted by atomic mass is 16.5. The van der Waals surface area contributed by atoms with Crippen molar-refractivity contribution in [3.63, 3.8) is 0 Å². The third kappa shape index (κ3) is 6.29. The molecular weight excluding hydrogens is 528 g/mol. The Morgan fingerprint density at radius 1 is 1.02 bits per heavy atom. The van der Waals surface area contributed by atoms with Gasteiger partial charge in [0.1, 0.15) is 29.3 Å². The smallest absolute Gasteiger partial charge is 0.246 e. The highest BCUT2D eigenvalue weighted by Gasteiger charge is 2.28. The van der Waals surface area contributed by atoms with Crippen LogP contribution in [-0.2, 0) is 4.79 Å². The number of hydrogen-bond acceptors (Lipinski definition) is 8. The lowest BCUT2D eigenvalue weighted by molar-refractivity contribution is -0.127. The van der Waals surface area contributed by atoms with E-state index in [9.17, 15) is 4.79 Å². The van der Waals surface area contributed by atoms with E-state index < -0.39 is 0 Å². The van der Waals surface area contributed by atoms with Crippen molar-refractivity contribution < 1.29 is 9.53 Å². The number of aromatic nitrogens is 4. The van der Waals surface area contributed by atoms with Crippen molar-refractivity contribution in [2.75, 3.05) is 45.5 Å². The summed E-state index contributed by atoms with van der Waals surface area (Å²) in [5.74, 6) is 1.92. The highest BCUT2D eigenvalue weighted by Crippen LogP contribution is 2.35. The van der Waals surface area contributed by atoms with Gasteiger partial charge in [-0.15, -0.1) is 0 Å². The van der Waals surface area contributed by atoms with Gasteiger partial charge in [-0.2, -0.15) is 5.10 Å². The third-order valence-electron chi connectivity index (χ3n) is 8.18. The van der Waals surface area contributed by atoms with Crippen molar-refractivity contribution in [1.29, 1.82) is 0 Å². The molecule has 10 nitrogen and oxygen atoms in total. The van der Waals surface area contributed by atoms with Crippen LogP contribution in [0.1, 0.15) is 31.7 Å². The zero-order chi connectivity index (χ0) is 28.9. The first-order chi connectivity index (χ1) is 20.5. The maximum atomic E-state index is 13.1. The van der Waals surface area contributed by atoms with Crippen LogP contribution in [0.25, 0.3) is 22.3 Å². The Kier molecular flexibility index (Phi) is 8.43. The molecule has 0 aliphatic carbocycles. The number of nitrogen functional groups attached to an aromatic ring is 1. The molecule has 0 bridgehead atoms. The van der Waals surface area contributed by atoms with E-state index in [1.54, 1.807) is 6.08 Å². The van der Waals surface area contributed by atoms with Crippen molar-refractivity contribution in [2.45, 2.75) is 37.8 Å². The number of nitrogens with two attached hydrogens (primary N) is 1. The summed E-state index contributed by atoms with van der Waals surface area (Å²) in [5, 5.41) is 9.29. The second kappa shape index (κ2) is 12.7. The zero-order valence-corrected chi connectivity index (χ0v) is 24.0. The third-order valence-corrected chi connectivity index (χ3v) is 8.18. The molecule has 1 amide bonds. The molecule has 0 radical (unpaired) electrons. The van der Waals surface area contributed by atoms with Gasteiger partial charge >= 0.3 is 0 Å². The summed E-state index contributed by atoms with van der Waals surface area (Å²) >= 11 is 0. The SMILES string of the molecule is CN1CCC(NCC=CC(=O)N2CCCC(n3nc(-c4ccc(Oc5ccccc5)cc4)c4c(N)ncnc43)C2)CC1. The van der Waals surface area contributed by atoms with Gasteiger partial charge in [-0.1, -0.05) is 24.3 Å². The fourth-order valence-corrected chi connectivity index (χ4v) is 5.82. The van der Waals surface area contributed by atoms with E-state index in [1.807, 2.05) is 70.3 Å². The van der Waals surface area contributed by atoms with Crippen LogP contribution in [0.4, 0.5) is 5.82 Å². The number of carbonyl (C=O) groups is 1. The van der Waals surface area contributed by atoms with E-state index in [1.165, 1.54) is 6.33 Å². The van der Waals surface area contributed by atoms with E-state index >= 15 is 0 Å². The van der Waals surface area contributed by atoms with Gasteiger partial charge in [-0.05, 0) is 82.2 Å². The number of carbonyl (C=O) groups excluding carboxylic acids is 1. The van der Waals surface area contributed by atoms with Gasteiger partial charge in [0.05, 0.1) is 11.4 Å². The molecule has 2 saturated heterocycles. The molecule has 4 heterocycles. The molecular formula is C32H38N8O2. The molecule has 4 aromatic rings. The number of amides is 1. The average molecular weight is 567 g/mol. The topological polar surface area (TPSA) is 114 Å². The van der Waals surface area contributed by atoms with Crippen LogP contribution in [0.3, 0.4) is 0 Å². The van der Waals surface area contributed by atoms with Crippen LogP contribution in [0.2, 0.25) is 0 Å². The van der Waals surface area contributed by atoms with Crippen molar-refractivity contribution in [2.24, 2.45) is 0 Å². The van der Waals surface area contributed by atoms with Crippen LogP contribution in [0, 0.1) is 0 Å². The molecule has 218 valence electrons. The number of ether oxygens (including phenoxy) is 1. The van der Waals surface area contributed by atoms with Gasteiger partial charge in [0.2, 0.25) is 5.91 Å². The molecule has 2 aromatic heterocycles. The molecule has 10 heteroatoms. The molecule has 1 atom stereocenters. The van der Waals surface area contributed by atoms with Crippen molar-refractivity contribution >= 4 is 22.8 Å². The molecule has 0 spiro atoms. The number of benzene rings is 2. The first-order valence-corrected chi connectivity index (χ1v) is 14.7. The molecule has 2 aliphatic rings. The minimum absolute atomic E-state index is 0.0142. The van der Waals surface area contributed by atoms with Gasteiger partial charge in [0.15, 0.2) is 5.65 Å². The Morgan fingerprint density at radius 3 is 2.57 bits per heavy atom. The van der Waals surface area contributed by atoms with E-state index in [0.717, 1.165) is 73.5 Å².